The fourth-order valence-corrected chi connectivity index (χ4v) is 1.00. The molecule has 0 aromatic rings. The van der Waals surface area contributed by atoms with Crippen molar-refractivity contribution in [3.05, 3.63) is 0 Å². The Hall–Kier alpha value is -0.0800. The van der Waals surface area contributed by atoms with Crippen LogP contribution in [0.5, 0.6) is 0 Å². The SMILES string of the molecule is CC(C)CCOCCCOCC(C)C. The standard InChI is InChI=1S/C12H26O2/c1-11(2)6-9-13-7-5-8-14-10-12(3)4/h11-12H,5-10H2,1-4H3. The zero-order valence-corrected chi connectivity index (χ0v) is 10.2. The maximum absolute atomic E-state index is 5.47. The summed E-state index contributed by atoms with van der Waals surface area (Å²) < 4.78 is 10.9. The van der Waals surface area contributed by atoms with E-state index in [2.05, 4.69) is 27.7 Å². The highest BCUT2D eigenvalue weighted by Gasteiger charge is 1.95. The van der Waals surface area contributed by atoms with Gasteiger partial charge in [-0.15, -0.1) is 0 Å². The summed E-state index contributed by atoms with van der Waals surface area (Å²) in [5, 5.41) is 0. The molecule has 0 unspecified atom stereocenters. The fourth-order valence-electron chi connectivity index (χ4n) is 1.00. The van der Waals surface area contributed by atoms with Crippen LogP contribution >= 0.6 is 0 Å². The van der Waals surface area contributed by atoms with E-state index < -0.39 is 0 Å². The zero-order valence-electron chi connectivity index (χ0n) is 10.2. The Balaban J connectivity index is 2.92. The molecule has 86 valence electrons. The van der Waals surface area contributed by atoms with Crippen molar-refractivity contribution in [3.63, 3.8) is 0 Å². The highest BCUT2D eigenvalue weighted by molar-refractivity contribution is 4.44. The van der Waals surface area contributed by atoms with Crippen molar-refractivity contribution >= 4 is 0 Å². The van der Waals surface area contributed by atoms with E-state index in [1.165, 1.54) is 0 Å². The summed E-state index contributed by atoms with van der Waals surface area (Å²) >= 11 is 0. The maximum atomic E-state index is 5.47. The summed E-state index contributed by atoms with van der Waals surface area (Å²) in [6.07, 6.45) is 2.18. The molecular weight excluding hydrogens is 176 g/mol. The van der Waals surface area contributed by atoms with Gasteiger partial charge in [-0.1, -0.05) is 27.7 Å². The molecule has 0 heterocycles. The smallest absolute Gasteiger partial charge is 0.0489 e. The minimum Gasteiger partial charge on any atom is -0.381 e. The molecule has 0 spiro atoms. The number of rotatable bonds is 9. The summed E-state index contributed by atoms with van der Waals surface area (Å²) in [5.74, 6) is 1.38. The number of hydrogen-bond acceptors (Lipinski definition) is 2. The number of ether oxygens (including phenoxy) is 2. The first-order valence-electron chi connectivity index (χ1n) is 5.78. The first kappa shape index (κ1) is 13.9. The van der Waals surface area contributed by atoms with Gasteiger partial charge in [0.2, 0.25) is 0 Å². The Labute approximate surface area is 89.0 Å². The molecule has 0 aromatic heterocycles. The van der Waals surface area contributed by atoms with Gasteiger partial charge in [0.1, 0.15) is 0 Å². The van der Waals surface area contributed by atoms with Gasteiger partial charge in [-0.3, -0.25) is 0 Å². The molecular formula is C12H26O2. The first-order valence-corrected chi connectivity index (χ1v) is 5.78. The molecule has 2 heteroatoms. The highest BCUT2D eigenvalue weighted by atomic mass is 16.5. The van der Waals surface area contributed by atoms with Crippen molar-refractivity contribution in [2.24, 2.45) is 11.8 Å². The first-order chi connectivity index (χ1) is 6.63. The summed E-state index contributed by atoms with van der Waals surface area (Å²) in [6.45, 7) is 12.2. The topological polar surface area (TPSA) is 18.5 Å². The van der Waals surface area contributed by atoms with Gasteiger partial charge in [-0.2, -0.15) is 0 Å². The van der Waals surface area contributed by atoms with Crippen LogP contribution in [-0.2, 0) is 9.47 Å². The van der Waals surface area contributed by atoms with E-state index in [0.29, 0.717) is 5.92 Å². The van der Waals surface area contributed by atoms with Crippen LogP contribution in [0.1, 0.15) is 40.5 Å². The van der Waals surface area contributed by atoms with Crippen LogP contribution in [0.3, 0.4) is 0 Å². The Kier molecular flexibility index (Phi) is 9.42. The molecule has 14 heavy (non-hydrogen) atoms. The van der Waals surface area contributed by atoms with Gasteiger partial charge in [0.05, 0.1) is 0 Å². The van der Waals surface area contributed by atoms with E-state index in [9.17, 15) is 0 Å². The van der Waals surface area contributed by atoms with E-state index >= 15 is 0 Å². The van der Waals surface area contributed by atoms with E-state index in [1.807, 2.05) is 0 Å². The summed E-state index contributed by atoms with van der Waals surface area (Å²) in [6, 6.07) is 0. The Bertz CT molecular complexity index is 96.9. The van der Waals surface area contributed by atoms with Crippen molar-refractivity contribution in [1.82, 2.24) is 0 Å². The molecule has 0 fully saturated rings. The Morgan fingerprint density at radius 3 is 2.00 bits per heavy atom. The number of hydrogen-bond donors (Lipinski definition) is 0. The average Bonchev–Trinajstić information content (AvgIpc) is 2.08. The third-order valence-electron chi connectivity index (χ3n) is 1.87. The lowest BCUT2D eigenvalue weighted by Crippen LogP contribution is -2.06. The molecule has 0 rings (SSSR count). The second kappa shape index (κ2) is 9.47. The van der Waals surface area contributed by atoms with E-state index in [-0.39, 0.29) is 0 Å². The molecule has 0 aliphatic heterocycles. The van der Waals surface area contributed by atoms with E-state index in [4.69, 9.17) is 9.47 Å². The summed E-state index contributed by atoms with van der Waals surface area (Å²) in [5.41, 5.74) is 0. The lowest BCUT2D eigenvalue weighted by atomic mass is 10.1. The molecule has 0 aromatic carbocycles. The van der Waals surface area contributed by atoms with Crippen molar-refractivity contribution in [3.8, 4) is 0 Å². The third-order valence-corrected chi connectivity index (χ3v) is 1.87. The van der Waals surface area contributed by atoms with E-state index in [1.54, 1.807) is 0 Å². The summed E-state index contributed by atoms with van der Waals surface area (Å²) in [4.78, 5) is 0. The van der Waals surface area contributed by atoms with Gasteiger partial charge in [-0.25, -0.2) is 0 Å². The largest absolute Gasteiger partial charge is 0.381 e. The predicted octanol–water partition coefficient (Wildman–Crippen LogP) is 3.11. The predicted molar refractivity (Wildman–Crippen MR) is 60.5 cm³/mol. The monoisotopic (exact) mass is 202 g/mol. The fraction of sp³-hybridized carbons (Fsp3) is 1.00. The quantitative estimate of drug-likeness (QED) is 0.535. The molecule has 2 nitrogen and oxygen atoms in total. The van der Waals surface area contributed by atoms with E-state index in [0.717, 1.165) is 45.2 Å². The van der Waals surface area contributed by atoms with Gasteiger partial charge in [0.15, 0.2) is 0 Å². The molecule has 0 saturated carbocycles. The minimum absolute atomic E-state index is 0.636. The molecule has 0 bridgehead atoms. The van der Waals surface area contributed by atoms with Crippen molar-refractivity contribution < 1.29 is 9.47 Å². The minimum atomic E-state index is 0.636. The highest BCUT2D eigenvalue weighted by Crippen LogP contribution is 1.99. The van der Waals surface area contributed by atoms with Crippen LogP contribution in [-0.4, -0.2) is 26.4 Å². The molecule has 0 aliphatic carbocycles. The van der Waals surface area contributed by atoms with Crippen LogP contribution in [0.4, 0.5) is 0 Å². The molecule has 0 aliphatic rings. The zero-order chi connectivity index (χ0) is 10.8. The molecule has 0 atom stereocenters. The molecule has 0 radical (unpaired) electrons. The van der Waals surface area contributed by atoms with Gasteiger partial charge in [0, 0.05) is 26.4 Å². The van der Waals surface area contributed by atoms with Crippen molar-refractivity contribution in [2.75, 3.05) is 26.4 Å². The maximum Gasteiger partial charge on any atom is 0.0489 e. The normalized spacial score (nSPS) is 11.6. The lowest BCUT2D eigenvalue weighted by Gasteiger charge is -2.08. The molecule has 0 N–H and O–H groups in total. The van der Waals surface area contributed by atoms with Crippen LogP contribution in [0.15, 0.2) is 0 Å². The van der Waals surface area contributed by atoms with Gasteiger partial charge < -0.3 is 9.47 Å². The van der Waals surface area contributed by atoms with Crippen LogP contribution < -0.4 is 0 Å². The van der Waals surface area contributed by atoms with Gasteiger partial charge >= 0.3 is 0 Å². The lowest BCUT2D eigenvalue weighted by molar-refractivity contribution is 0.0683. The summed E-state index contributed by atoms with van der Waals surface area (Å²) in [7, 11) is 0. The second-order valence-electron chi connectivity index (χ2n) is 4.62. The van der Waals surface area contributed by atoms with Gasteiger partial charge in [-0.05, 0) is 24.7 Å². The average molecular weight is 202 g/mol. The van der Waals surface area contributed by atoms with Gasteiger partial charge in [0.25, 0.3) is 0 Å². The van der Waals surface area contributed by atoms with Crippen molar-refractivity contribution in [1.29, 1.82) is 0 Å². The van der Waals surface area contributed by atoms with Crippen LogP contribution in [0.2, 0.25) is 0 Å². The Morgan fingerprint density at radius 1 is 0.786 bits per heavy atom. The van der Waals surface area contributed by atoms with Crippen LogP contribution in [0.25, 0.3) is 0 Å². The Morgan fingerprint density at radius 2 is 1.43 bits per heavy atom. The van der Waals surface area contributed by atoms with Crippen molar-refractivity contribution in [2.45, 2.75) is 40.5 Å². The second-order valence-corrected chi connectivity index (χ2v) is 4.62. The third kappa shape index (κ3) is 11.9. The van der Waals surface area contributed by atoms with Crippen LogP contribution in [0, 0.1) is 11.8 Å². The molecule has 0 saturated heterocycles. The molecule has 0 amide bonds.